The molecule has 0 saturated carbocycles. The zero-order valence-electron chi connectivity index (χ0n) is 11.3. The lowest BCUT2D eigenvalue weighted by Crippen LogP contribution is -2.51. The van der Waals surface area contributed by atoms with Gasteiger partial charge < -0.3 is 9.84 Å². The fraction of sp³-hybridized carbons (Fsp3) is 0.417. The highest BCUT2D eigenvalue weighted by molar-refractivity contribution is 9.10. The number of carboxylic acids is 1. The van der Waals surface area contributed by atoms with Crippen LogP contribution in [0.5, 0.6) is 5.75 Å². The van der Waals surface area contributed by atoms with Crippen LogP contribution in [0.1, 0.15) is 20.3 Å². The highest BCUT2D eigenvalue weighted by atomic mass is 79.9. The van der Waals surface area contributed by atoms with E-state index < -0.39 is 21.5 Å². The van der Waals surface area contributed by atoms with Gasteiger partial charge in [0, 0.05) is 0 Å². The first-order valence-corrected chi connectivity index (χ1v) is 8.05. The van der Waals surface area contributed by atoms with Gasteiger partial charge in [-0.1, -0.05) is 6.92 Å². The second kappa shape index (κ2) is 6.11. The molecule has 0 fully saturated rings. The van der Waals surface area contributed by atoms with E-state index in [-0.39, 0.29) is 11.3 Å². The summed E-state index contributed by atoms with van der Waals surface area (Å²) in [5.41, 5.74) is -1.55. The molecule has 6 nitrogen and oxygen atoms in total. The van der Waals surface area contributed by atoms with Crippen LogP contribution < -0.4 is 9.46 Å². The Hall–Kier alpha value is -1.12. The fourth-order valence-corrected chi connectivity index (χ4v) is 3.59. The molecule has 8 heteroatoms. The lowest BCUT2D eigenvalue weighted by atomic mass is 10.0. The van der Waals surface area contributed by atoms with E-state index in [4.69, 9.17) is 9.84 Å². The van der Waals surface area contributed by atoms with Crippen molar-refractivity contribution in [1.29, 1.82) is 0 Å². The normalized spacial score (nSPS) is 14.6. The molecule has 0 radical (unpaired) electrons. The van der Waals surface area contributed by atoms with Gasteiger partial charge >= 0.3 is 5.97 Å². The molecule has 2 N–H and O–H groups in total. The van der Waals surface area contributed by atoms with Gasteiger partial charge in [-0.25, -0.2) is 8.42 Å². The minimum Gasteiger partial charge on any atom is -0.496 e. The first kappa shape index (κ1) is 16.9. The first-order valence-electron chi connectivity index (χ1n) is 5.77. The maximum absolute atomic E-state index is 12.2. The number of aliphatic carboxylic acids is 1. The van der Waals surface area contributed by atoms with Crippen LogP contribution in [0.15, 0.2) is 27.6 Å². The molecule has 0 bridgehead atoms. The molecule has 0 aliphatic rings. The average Bonchev–Trinajstić information content (AvgIpc) is 2.37. The van der Waals surface area contributed by atoms with Crippen molar-refractivity contribution in [2.24, 2.45) is 0 Å². The van der Waals surface area contributed by atoms with Crippen molar-refractivity contribution in [1.82, 2.24) is 4.72 Å². The Bertz CT molecular complexity index is 616. The maximum Gasteiger partial charge on any atom is 0.324 e. The molecular weight excluding hydrogens is 350 g/mol. The Balaban J connectivity index is 3.18. The van der Waals surface area contributed by atoms with Gasteiger partial charge in [-0.15, -0.1) is 0 Å². The summed E-state index contributed by atoms with van der Waals surface area (Å²) in [5, 5.41) is 9.12. The molecule has 1 unspecified atom stereocenters. The predicted octanol–water partition coefficient (Wildman–Crippen LogP) is 1.99. The molecule has 0 aliphatic carbocycles. The number of carboxylic acid groups (broad SMARTS) is 1. The summed E-state index contributed by atoms with van der Waals surface area (Å²) in [5.74, 6) is -0.739. The zero-order valence-corrected chi connectivity index (χ0v) is 13.7. The molecule has 1 rings (SSSR count). The van der Waals surface area contributed by atoms with Gasteiger partial charge in [0.15, 0.2) is 0 Å². The highest BCUT2D eigenvalue weighted by Gasteiger charge is 2.36. The lowest BCUT2D eigenvalue weighted by molar-refractivity contribution is -0.143. The maximum atomic E-state index is 12.2. The largest absolute Gasteiger partial charge is 0.496 e. The number of ether oxygens (including phenoxy) is 1. The minimum atomic E-state index is -3.94. The number of sulfonamides is 1. The minimum absolute atomic E-state index is 0.0360. The Labute approximate surface area is 126 Å². The summed E-state index contributed by atoms with van der Waals surface area (Å²) < 4.78 is 32.2. The fourth-order valence-electron chi connectivity index (χ4n) is 1.44. The Kier molecular flexibility index (Phi) is 5.17. The molecule has 1 aromatic rings. The van der Waals surface area contributed by atoms with Crippen LogP contribution in [0.4, 0.5) is 0 Å². The van der Waals surface area contributed by atoms with E-state index in [0.717, 1.165) is 0 Å². The van der Waals surface area contributed by atoms with Crippen LogP contribution in [0.25, 0.3) is 0 Å². The third kappa shape index (κ3) is 3.50. The van der Waals surface area contributed by atoms with Gasteiger partial charge in [0.1, 0.15) is 11.3 Å². The summed E-state index contributed by atoms with van der Waals surface area (Å²) in [6.07, 6.45) is 0.124. The first-order chi connectivity index (χ1) is 9.16. The highest BCUT2D eigenvalue weighted by Crippen LogP contribution is 2.28. The van der Waals surface area contributed by atoms with Crippen LogP contribution in [0.2, 0.25) is 0 Å². The summed E-state index contributed by atoms with van der Waals surface area (Å²) in [7, 11) is -2.48. The number of nitrogens with one attached hydrogen (secondary N) is 1. The predicted molar refractivity (Wildman–Crippen MR) is 77.3 cm³/mol. The third-order valence-electron chi connectivity index (χ3n) is 2.97. The van der Waals surface area contributed by atoms with Crippen molar-refractivity contribution in [2.45, 2.75) is 30.7 Å². The van der Waals surface area contributed by atoms with Crippen molar-refractivity contribution in [3.05, 3.63) is 22.7 Å². The number of rotatable bonds is 6. The summed E-state index contributed by atoms with van der Waals surface area (Å²) in [6, 6.07) is 4.20. The van der Waals surface area contributed by atoms with Crippen molar-refractivity contribution in [2.75, 3.05) is 7.11 Å². The molecule has 112 valence electrons. The van der Waals surface area contributed by atoms with Crippen LogP contribution in [-0.4, -0.2) is 32.1 Å². The van der Waals surface area contributed by atoms with E-state index >= 15 is 0 Å². The summed E-state index contributed by atoms with van der Waals surface area (Å²) in [6.45, 7) is 2.92. The van der Waals surface area contributed by atoms with E-state index in [1.54, 1.807) is 6.92 Å². The van der Waals surface area contributed by atoms with Crippen molar-refractivity contribution in [3.8, 4) is 5.75 Å². The van der Waals surface area contributed by atoms with Crippen molar-refractivity contribution in [3.63, 3.8) is 0 Å². The Morgan fingerprint density at radius 2 is 2.10 bits per heavy atom. The molecule has 1 aromatic carbocycles. The topological polar surface area (TPSA) is 92.7 Å². The van der Waals surface area contributed by atoms with Gasteiger partial charge in [-0.2, -0.15) is 4.72 Å². The summed E-state index contributed by atoms with van der Waals surface area (Å²) in [4.78, 5) is 11.1. The van der Waals surface area contributed by atoms with Gasteiger partial charge in [0.05, 0.1) is 16.5 Å². The monoisotopic (exact) mass is 365 g/mol. The van der Waals surface area contributed by atoms with Gasteiger partial charge in [0.25, 0.3) is 0 Å². The number of hydrogen-bond acceptors (Lipinski definition) is 4. The molecule has 0 heterocycles. The standard InChI is InChI=1S/C12H16BrNO5S/c1-4-12(2,11(15)16)14-20(17,18)8-5-6-10(19-3)9(13)7-8/h5-7,14H,4H2,1-3H3,(H,15,16). The number of halogens is 1. The van der Waals surface area contributed by atoms with Crippen LogP contribution in [0.3, 0.4) is 0 Å². The molecule has 1 atom stereocenters. The van der Waals surface area contributed by atoms with E-state index in [1.807, 2.05) is 0 Å². The molecule has 0 saturated heterocycles. The molecule has 0 aliphatic heterocycles. The Morgan fingerprint density at radius 3 is 2.50 bits per heavy atom. The third-order valence-corrected chi connectivity index (χ3v) is 5.19. The van der Waals surface area contributed by atoms with Crippen LogP contribution >= 0.6 is 15.9 Å². The molecule has 0 aromatic heterocycles. The van der Waals surface area contributed by atoms with E-state index in [1.165, 1.54) is 32.2 Å². The molecule has 0 amide bonds. The SMILES string of the molecule is CCC(C)(NS(=O)(=O)c1ccc(OC)c(Br)c1)C(=O)O. The van der Waals surface area contributed by atoms with Gasteiger partial charge in [-0.05, 0) is 47.5 Å². The second-order valence-electron chi connectivity index (χ2n) is 4.39. The smallest absolute Gasteiger partial charge is 0.324 e. The molecular formula is C12H16BrNO5S. The molecule has 20 heavy (non-hydrogen) atoms. The molecule has 0 spiro atoms. The number of hydrogen-bond donors (Lipinski definition) is 2. The van der Waals surface area contributed by atoms with Crippen molar-refractivity contribution >= 4 is 31.9 Å². The lowest BCUT2D eigenvalue weighted by Gasteiger charge is -2.24. The van der Waals surface area contributed by atoms with Gasteiger partial charge in [-0.3, -0.25) is 4.79 Å². The zero-order chi connectivity index (χ0) is 15.6. The van der Waals surface area contributed by atoms with E-state index in [9.17, 15) is 13.2 Å². The average molecular weight is 366 g/mol. The Morgan fingerprint density at radius 1 is 1.50 bits per heavy atom. The van der Waals surface area contributed by atoms with Crippen LogP contribution in [-0.2, 0) is 14.8 Å². The quantitative estimate of drug-likeness (QED) is 0.803. The van der Waals surface area contributed by atoms with Crippen molar-refractivity contribution < 1.29 is 23.1 Å². The number of methoxy groups -OCH3 is 1. The van der Waals surface area contributed by atoms with E-state index in [0.29, 0.717) is 10.2 Å². The van der Waals surface area contributed by atoms with Crippen LogP contribution in [0, 0.1) is 0 Å². The second-order valence-corrected chi connectivity index (χ2v) is 6.93. The van der Waals surface area contributed by atoms with E-state index in [2.05, 4.69) is 20.7 Å². The number of benzene rings is 1. The number of carbonyl (C=O) groups is 1. The summed E-state index contributed by atoms with van der Waals surface area (Å²) >= 11 is 3.19. The van der Waals surface area contributed by atoms with Gasteiger partial charge in [0.2, 0.25) is 10.0 Å².